The fourth-order valence-electron chi connectivity index (χ4n) is 1.62. The smallest absolute Gasteiger partial charge is 0.263 e. The maximum absolute atomic E-state index is 12.3. The number of sulfonamides is 1. The van der Waals surface area contributed by atoms with E-state index in [1.54, 1.807) is 6.92 Å². The van der Waals surface area contributed by atoms with Crippen molar-refractivity contribution in [3.05, 3.63) is 52.0 Å². The van der Waals surface area contributed by atoms with Gasteiger partial charge in [-0.3, -0.25) is 4.72 Å². The molecule has 0 aliphatic heterocycles. The molecule has 20 heavy (non-hydrogen) atoms. The van der Waals surface area contributed by atoms with Gasteiger partial charge in [0.1, 0.15) is 10.6 Å². The molecule has 0 heterocycles. The van der Waals surface area contributed by atoms with Crippen molar-refractivity contribution in [1.29, 1.82) is 0 Å². The molecule has 0 atom stereocenters. The van der Waals surface area contributed by atoms with Crippen LogP contribution in [0.4, 0.5) is 5.69 Å². The predicted molar refractivity (Wildman–Crippen MR) is 80.1 cm³/mol. The molecule has 7 heteroatoms. The summed E-state index contributed by atoms with van der Waals surface area (Å²) in [5.41, 5.74) is 0.737. The van der Waals surface area contributed by atoms with Gasteiger partial charge in [0.25, 0.3) is 10.0 Å². The lowest BCUT2D eigenvalue weighted by molar-refractivity contribution is 0.475. The zero-order chi connectivity index (χ0) is 14.9. The fourth-order valence-corrected chi connectivity index (χ4v) is 3.48. The number of phenolic OH excluding ortho intramolecular Hbond substituents is 1. The first-order valence-corrected chi connectivity index (χ1v) is 7.81. The molecular weight excluding hydrogens is 321 g/mol. The topological polar surface area (TPSA) is 66.4 Å². The summed E-state index contributed by atoms with van der Waals surface area (Å²) in [5.74, 6) is -0.0383. The van der Waals surface area contributed by atoms with Crippen molar-refractivity contribution >= 4 is 38.9 Å². The minimum atomic E-state index is -3.85. The Morgan fingerprint density at radius 2 is 1.85 bits per heavy atom. The van der Waals surface area contributed by atoms with Gasteiger partial charge < -0.3 is 5.11 Å². The Labute approximate surface area is 127 Å². The summed E-state index contributed by atoms with van der Waals surface area (Å²) in [7, 11) is -3.85. The Balaban J connectivity index is 2.44. The molecule has 0 amide bonds. The quantitative estimate of drug-likeness (QED) is 0.898. The Hall–Kier alpha value is -1.43. The first kappa shape index (κ1) is 15.0. The Morgan fingerprint density at radius 1 is 1.15 bits per heavy atom. The Bertz CT molecular complexity index is 760. The van der Waals surface area contributed by atoms with Crippen molar-refractivity contribution in [2.45, 2.75) is 11.8 Å². The van der Waals surface area contributed by atoms with E-state index < -0.39 is 10.0 Å². The van der Waals surface area contributed by atoms with E-state index in [0.717, 1.165) is 0 Å². The number of benzene rings is 2. The third kappa shape index (κ3) is 3.00. The molecule has 0 saturated carbocycles. The van der Waals surface area contributed by atoms with E-state index in [-0.39, 0.29) is 21.4 Å². The number of nitrogens with one attached hydrogen (secondary N) is 1. The van der Waals surface area contributed by atoms with Gasteiger partial charge in [-0.15, -0.1) is 0 Å². The van der Waals surface area contributed by atoms with E-state index in [1.165, 1.54) is 36.4 Å². The van der Waals surface area contributed by atoms with Gasteiger partial charge in [0.2, 0.25) is 0 Å². The monoisotopic (exact) mass is 331 g/mol. The molecule has 0 spiro atoms. The van der Waals surface area contributed by atoms with Crippen LogP contribution in [0.3, 0.4) is 0 Å². The SMILES string of the molecule is Cc1c(Cl)ccc(S(=O)(=O)Nc2cccc(O)c2)c1Cl. The Morgan fingerprint density at radius 3 is 2.50 bits per heavy atom. The highest BCUT2D eigenvalue weighted by atomic mass is 35.5. The maximum atomic E-state index is 12.3. The molecule has 0 saturated heterocycles. The number of halogens is 2. The molecule has 0 aliphatic carbocycles. The van der Waals surface area contributed by atoms with Gasteiger partial charge >= 0.3 is 0 Å². The number of phenols is 1. The van der Waals surface area contributed by atoms with Crippen LogP contribution >= 0.6 is 23.2 Å². The predicted octanol–water partition coefficient (Wildman–Crippen LogP) is 3.81. The van der Waals surface area contributed by atoms with Gasteiger partial charge in [-0.25, -0.2) is 8.42 Å². The van der Waals surface area contributed by atoms with E-state index in [0.29, 0.717) is 10.6 Å². The highest BCUT2D eigenvalue weighted by Gasteiger charge is 2.20. The van der Waals surface area contributed by atoms with E-state index in [4.69, 9.17) is 23.2 Å². The zero-order valence-electron chi connectivity index (χ0n) is 10.4. The average molecular weight is 332 g/mol. The third-order valence-corrected chi connectivity index (χ3v) is 5.10. The molecule has 2 aromatic rings. The first-order valence-electron chi connectivity index (χ1n) is 5.58. The van der Waals surface area contributed by atoms with E-state index in [1.807, 2.05) is 0 Å². The van der Waals surface area contributed by atoms with Crippen LogP contribution in [0.15, 0.2) is 41.3 Å². The largest absolute Gasteiger partial charge is 0.508 e. The summed E-state index contributed by atoms with van der Waals surface area (Å²) in [4.78, 5) is -0.0654. The molecule has 2 N–H and O–H groups in total. The van der Waals surface area contributed by atoms with Crippen LogP contribution in [0.2, 0.25) is 10.0 Å². The maximum Gasteiger partial charge on any atom is 0.263 e. The third-order valence-electron chi connectivity index (χ3n) is 2.67. The Kier molecular flexibility index (Phi) is 4.13. The molecule has 4 nitrogen and oxygen atoms in total. The van der Waals surface area contributed by atoms with E-state index >= 15 is 0 Å². The van der Waals surface area contributed by atoms with Gasteiger partial charge in [0, 0.05) is 11.1 Å². The molecule has 0 bridgehead atoms. The van der Waals surface area contributed by atoms with Gasteiger partial charge in [-0.2, -0.15) is 0 Å². The standard InChI is InChI=1S/C13H11Cl2NO3S/c1-8-11(14)5-6-12(13(8)15)20(18,19)16-9-3-2-4-10(17)7-9/h2-7,16-17H,1H3. The summed E-state index contributed by atoms with van der Waals surface area (Å²) >= 11 is 11.9. The lowest BCUT2D eigenvalue weighted by atomic mass is 10.2. The summed E-state index contributed by atoms with van der Waals surface area (Å²) in [6, 6.07) is 8.60. The lowest BCUT2D eigenvalue weighted by Gasteiger charge is -2.11. The zero-order valence-corrected chi connectivity index (χ0v) is 12.7. The molecule has 106 valence electrons. The second kappa shape index (κ2) is 5.52. The summed E-state index contributed by atoms with van der Waals surface area (Å²) in [6.07, 6.45) is 0. The summed E-state index contributed by atoms with van der Waals surface area (Å²) in [6.45, 7) is 1.64. The van der Waals surface area contributed by atoms with Crippen molar-refractivity contribution in [3.8, 4) is 5.75 Å². The lowest BCUT2D eigenvalue weighted by Crippen LogP contribution is -2.13. The van der Waals surface area contributed by atoms with Crippen LogP contribution in [0.5, 0.6) is 5.75 Å². The van der Waals surface area contributed by atoms with Crippen molar-refractivity contribution in [1.82, 2.24) is 0 Å². The second-order valence-electron chi connectivity index (χ2n) is 4.14. The molecule has 2 aromatic carbocycles. The minimum Gasteiger partial charge on any atom is -0.508 e. The van der Waals surface area contributed by atoms with Gasteiger partial charge in [0.05, 0.1) is 10.7 Å². The van der Waals surface area contributed by atoms with Crippen molar-refractivity contribution < 1.29 is 13.5 Å². The fraction of sp³-hybridized carbons (Fsp3) is 0.0769. The van der Waals surface area contributed by atoms with Gasteiger partial charge in [-0.05, 0) is 36.8 Å². The van der Waals surface area contributed by atoms with Gasteiger partial charge in [0.15, 0.2) is 0 Å². The van der Waals surface area contributed by atoms with E-state index in [9.17, 15) is 13.5 Å². The van der Waals surface area contributed by atoms with Crippen molar-refractivity contribution in [2.24, 2.45) is 0 Å². The number of hydrogen-bond donors (Lipinski definition) is 2. The van der Waals surface area contributed by atoms with Crippen LogP contribution in [0.1, 0.15) is 5.56 Å². The molecule has 0 radical (unpaired) electrons. The highest BCUT2D eigenvalue weighted by molar-refractivity contribution is 7.92. The van der Waals surface area contributed by atoms with Crippen molar-refractivity contribution in [3.63, 3.8) is 0 Å². The summed E-state index contributed by atoms with van der Waals surface area (Å²) < 4.78 is 26.9. The van der Waals surface area contributed by atoms with Crippen molar-refractivity contribution in [2.75, 3.05) is 4.72 Å². The first-order chi connectivity index (χ1) is 9.31. The number of aromatic hydroxyl groups is 1. The molecule has 0 aliphatic rings. The highest BCUT2D eigenvalue weighted by Crippen LogP contribution is 2.31. The number of rotatable bonds is 3. The number of anilines is 1. The molecule has 2 rings (SSSR count). The molecular formula is C13H11Cl2NO3S. The summed E-state index contributed by atoms with van der Waals surface area (Å²) in [5, 5.41) is 9.81. The molecule has 0 aromatic heterocycles. The molecule has 0 unspecified atom stereocenters. The average Bonchev–Trinajstić information content (AvgIpc) is 2.35. The van der Waals surface area contributed by atoms with Crippen LogP contribution in [-0.2, 0) is 10.0 Å². The minimum absolute atomic E-state index is 0.0383. The molecule has 0 fully saturated rings. The normalized spacial score (nSPS) is 11.3. The van der Waals surface area contributed by atoms with Gasteiger partial charge in [-0.1, -0.05) is 29.3 Å². The second-order valence-corrected chi connectivity index (χ2v) is 6.58. The van der Waals surface area contributed by atoms with Crippen LogP contribution in [0.25, 0.3) is 0 Å². The number of hydrogen-bond acceptors (Lipinski definition) is 3. The van der Waals surface area contributed by atoms with Crippen LogP contribution in [0, 0.1) is 6.92 Å². The van der Waals surface area contributed by atoms with Crippen LogP contribution in [-0.4, -0.2) is 13.5 Å². The van der Waals surface area contributed by atoms with E-state index in [2.05, 4.69) is 4.72 Å². The van der Waals surface area contributed by atoms with Crippen LogP contribution < -0.4 is 4.72 Å².